The van der Waals surface area contributed by atoms with Crippen LogP contribution in [0.25, 0.3) is 0 Å². The molecule has 1 aromatic carbocycles. The second-order valence-electron chi connectivity index (χ2n) is 7.10. The number of hydrogen-bond donors (Lipinski definition) is 0. The Morgan fingerprint density at radius 1 is 1.21 bits per heavy atom. The number of hydrogen-bond acceptors (Lipinski definition) is 3. The van der Waals surface area contributed by atoms with Crippen LogP contribution in [0.1, 0.15) is 62.7 Å². The third-order valence-electron chi connectivity index (χ3n) is 4.81. The summed E-state index contributed by atoms with van der Waals surface area (Å²) >= 11 is 0. The van der Waals surface area contributed by atoms with Crippen LogP contribution in [0.3, 0.4) is 0 Å². The minimum atomic E-state index is 0.0638. The molecule has 4 nitrogen and oxygen atoms in total. The van der Waals surface area contributed by atoms with Crippen molar-refractivity contribution < 1.29 is 14.3 Å². The van der Waals surface area contributed by atoms with Crippen molar-refractivity contribution in [3.05, 3.63) is 23.8 Å². The van der Waals surface area contributed by atoms with E-state index in [2.05, 4.69) is 13.8 Å². The molecule has 0 aliphatic heterocycles. The Hall–Kier alpha value is -1.71. The van der Waals surface area contributed by atoms with Gasteiger partial charge in [0.05, 0.1) is 13.7 Å². The van der Waals surface area contributed by atoms with Crippen molar-refractivity contribution in [1.29, 1.82) is 0 Å². The van der Waals surface area contributed by atoms with E-state index in [9.17, 15) is 4.79 Å². The van der Waals surface area contributed by atoms with Gasteiger partial charge in [0.1, 0.15) is 0 Å². The monoisotopic (exact) mass is 333 g/mol. The maximum atomic E-state index is 12.8. The normalized spacial score (nSPS) is 15.4. The average Bonchev–Trinajstić information content (AvgIpc) is 2.61. The van der Waals surface area contributed by atoms with Crippen molar-refractivity contribution in [2.75, 3.05) is 20.8 Å². The van der Waals surface area contributed by atoms with Gasteiger partial charge in [-0.15, -0.1) is 0 Å². The fourth-order valence-electron chi connectivity index (χ4n) is 3.16. The van der Waals surface area contributed by atoms with Gasteiger partial charge in [0.15, 0.2) is 11.5 Å². The maximum Gasteiger partial charge on any atom is 0.253 e. The van der Waals surface area contributed by atoms with E-state index in [4.69, 9.17) is 9.47 Å². The first-order valence-corrected chi connectivity index (χ1v) is 9.11. The SMILES string of the molecule is COc1cc(C(=O)N(C)C2CCCCC2)ccc1OCCC(C)C. The largest absolute Gasteiger partial charge is 0.493 e. The predicted molar refractivity (Wildman–Crippen MR) is 96.9 cm³/mol. The summed E-state index contributed by atoms with van der Waals surface area (Å²) in [5.74, 6) is 1.99. The van der Waals surface area contributed by atoms with Crippen LogP contribution in [-0.2, 0) is 0 Å². The first kappa shape index (κ1) is 18.6. The van der Waals surface area contributed by atoms with E-state index < -0.39 is 0 Å². The van der Waals surface area contributed by atoms with Crippen molar-refractivity contribution in [2.24, 2.45) is 5.92 Å². The van der Waals surface area contributed by atoms with E-state index in [1.165, 1.54) is 19.3 Å². The zero-order valence-electron chi connectivity index (χ0n) is 15.5. The number of benzene rings is 1. The number of ether oxygens (including phenoxy) is 2. The number of rotatable bonds is 7. The van der Waals surface area contributed by atoms with E-state index in [1.54, 1.807) is 13.2 Å². The fraction of sp³-hybridized carbons (Fsp3) is 0.650. The molecule has 1 aromatic rings. The Morgan fingerprint density at radius 2 is 1.92 bits per heavy atom. The molecular formula is C20H31NO3. The van der Waals surface area contributed by atoms with Crippen LogP contribution in [-0.4, -0.2) is 37.6 Å². The van der Waals surface area contributed by atoms with Crippen LogP contribution in [0.5, 0.6) is 11.5 Å². The number of amides is 1. The number of methoxy groups -OCH3 is 1. The fourth-order valence-corrected chi connectivity index (χ4v) is 3.16. The summed E-state index contributed by atoms with van der Waals surface area (Å²) in [6.07, 6.45) is 6.93. The lowest BCUT2D eigenvalue weighted by Gasteiger charge is -2.31. The van der Waals surface area contributed by atoms with E-state index >= 15 is 0 Å². The predicted octanol–water partition coefficient (Wildman–Crippen LogP) is 4.52. The molecule has 0 saturated heterocycles. The molecule has 0 heterocycles. The molecule has 0 aromatic heterocycles. The lowest BCUT2D eigenvalue weighted by molar-refractivity contribution is 0.0696. The Morgan fingerprint density at radius 3 is 2.54 bits per heavy atom. The lowest BCUT2D eigenvalue weighted by Crippen LogP contribution is -2.38. The van der Waals surface area contributed by atoms with Crippen LogP contribution in [0.2, 0.25) is 0 Å². The topological polar surface area (TPSA) is 38.8 Å². The van der Waals surface area contributed by atoms with Gasteiger partial charge in [-0.05, 0) is 43.4 Å². The summed E-state index contributed by atoms with van der Waals surface area (Å²) in [4.78, 5) is 14.7. The Labute approximate surface area is 146 Å². The van der Waals surface area contributed by atoms with Crippen LogP contribution < -0.4 is 9.47 Å². The van der Waals surface area contributed by atoms with Crippen molar-refractivity contribution in [1.82, 2.24) is 4.90 Å². The van der Waals surface area contributed by atoms with Gasteiger partial charge in [0.25, 0.3) is 5.91 Å². The second kappa shape index (κ2) is 8.95. The molecule has 24 heavy (non-hydrogen) atoms. The van der Waals surface area contributed by atoms with Crippen molar-refractivity contribution in [3.63, 3.8) is 0 Å². The standard InChI is InChI=1S/C20H31NO3/c1-15(2)12-13-24-18-11-10-16(14-19(18)23-4)20(22)21(3)17-8-6-5-7-9-17/h10-11,14-15,17H,5-9,12-13H2,1-4H3. The highest BCUT2D eigenvalue weighted by Gasteiger charge is 2.23. The quantitative estimate of drug-likeness (QED) is 0.736. The molecule has 1 aliphatic carbocycles. The minimum absolute atomic E-state index is 0.0638. The highest BCUT2D eigenvalue weighted by Crippen LogP contribution is 2.30. The molecule has 1 aliphatic rings. The number of carbonyl (C=O) groups excluding carboxylic acids is 1. The van der Waals surface area contributed by atoms with Crippen molar-refractivity contribution in [3.8, 4) is 11.5 Å². The third-order valence-corrected chi connectivity index (χ3v) is 4.81. The maximum absolute atomic E-state index is 12.8. The molecule has 2 rings (SSSR count). The van der Waals surface area contributed by atoms with E-state index in [1.807, 2.05) is 24.1 Å². The lowest BCUT2D eigenvalue weighted by atomic mass is 9.94. The molecule has 0 N–H and O–H groups in total. The summed E-state index contributed by atoms with van der Waals surface area (Å²) in [7, 11) is 3.53. The molecule has 1 saturated carbocycles. The van der Waals surface area contributed by atoms with Gasteiger partial charge in [0, 0.05) is 18.7 Å². The Balaban J connectivity index is 2.05. The van der Waals surface area contributed by atoms with Gasteiger partial charge < -0.3 is 14.4 Å². The zero-order valence-corrected chi connectivity index (χ0v) is 15.5. The number of nitrogens with zero attached hydrogens (tertiary/aromatic N) is 1. The average molecular weight is 333 g/mol. The van der Waals surface area contributed by atoms with Crippen LogP contribution >= 0.6 is 0 Å². The molecule has 0 atom stereocenters. The molecule has 0 radical (unpaired) electrons. The summed E-state index contributed by atoms with van der Waals surface area (Å²) in [6, 6.07) is 5.85. The Bertz CT molecular complexity index is 536. The van der Waals surface area contributed by atoms with Crippen molar-refractivity contribution >= 4 is 5.91 Å². The Kier molecular flexibility index (Phi) is 6.95. The molecular weight excluding hydrogens is 302 g/mol. The van der Waals surface area contributed by atoms with Crippen LogP contribution in [0.15, 0.2) is 18.2 Å². The second-order valence-corrected chi connectivity index (χ2v) is 7.10. The molecule has 1 fully saturated rings. The van der Waals surface area contributed by atoms with Gasteiger partial charge in [-0.2, -0.15) is 0 Å². The molecule has 134 valence electrons. The summed E-state index contributed by atoms with van der Waals surface area (Å²) in [5.41, 5.74) is 0.663. The third kappa shape index (κ3) is 4.89. The van der Waals surface area contributed by atoms with Gasteiger partial charge in [-0.25, -0.2) is 0 Å². The van der Waals surface area contributed by atoms with E-state index in [0.29, 0.717) is 35.6 Å². The summed E-state index contributed by atoms with van der Waals surface area (Å²) in [5, 5.41) is 0. The molecule has 0 spiro atoms. The van der Waals surface area contributed by atoms with Gasteiger partial charge in [-0.3, -0.25) is 4.79 Å². The van der Waals surface area contributed by atoms with Crippen LogP contribution in [0.4, 0.5) is 0 Å². The molecule has 0 unspecified atom stereocenters. The van der Waals surface area contributed by atoms with E-state index in [0.717, 1.165) is 19.3 Å². The van der Waals surface area contributed by atoms with Gasteiger partial charge in [-0.1, -0.05) is 33.1 Å². The minimum Gasteiger partial charge on any atom is -0.493 e. The van der Waals surface area contributed by atoms with Crippen molar-refractivity contribution in [2.45, 2.75) is 58.4 Å². The van der Waals surface area contributed by atoms with Gasteiger partial charge >= 0.3 is 0 Å². The summed E-state index contributed by atoms with van der Waals surface area (Å²) in [6.45, 7) is 5.00. The summed E-state index contributed by atoms with van der Waals surface area (Å²) < 4.78 is 11.2. The zero-order chi connectivity index (χ0) is 17.5. The molecule has 1 amide bonds. The van der Waals surface area contributed by atoms with Crippen LogP contribution in [0, 0.1) is 5.92 Å². The smallest absolute Gasteiger partial charge is 0.253 e. The van der Waals surface area contributed by atoms with E-state index in [-0.39, 0.29) is 5.91 Å². The first-order chi connectivity index (χ1) is 11.5. The molecule has 4 heteroatoms. The van der Waals surface area contributed by atoms with Gasteiger partial charge in [0.2, 0.25) is 0 Å². The highest BCUT2D eigenvalue weighted by molar-refractivity contribution is 5.95. The number of carbonyl (C=O) groups is 1. The highest BCUT2D eigenvalue weighted by atomic mass is 16.5. The first-order valence-electron chi connectivity index (χ1n) is 9.11. The molecule has 0 bridgehead atoms.